The Labute approximate surface area is 199 Å². The van der Waals surface area contributed by atoms with Gasteiger partial charge in [0.15, 0.2) is 0 Å². The summed E-state index contributed by atoms with van der Waals surface area (Å²) in [4.78, 5) is 28.1. The average Bonchev–Trinajstić information content (AvgIpc) is 3.20. The van der Waals surface area contributed by atoms with Gasteiger partial charge in [0.2, 0.25) is 11.8 Å². The van der Waals surface area contributed by atoms with Gasteiger partial charge < -0.3 is 10.1 Å². The summed E-state index contributed by atoms with van der Waals surface area (Å²) in [6, 6.07) is 15.7. The number of carbonyl (C=O) groups excluding carboxylic acids is 2. The summed E-state index contributed by atoms with van der Waals surface area (Å²) >= 11 is 1.62. The quantitative estimate of drug-likeness (QED) is 0.626. The zero-order chi connectivity index (χ0) is 22.6. The van der Waals surface area contributed by atoms with Crippen LogP contribution >= 0.6 is 11.8 Å². The Bertz CT molecular complexity index is 1060. The molecule has 1 heterocycles. The summed E-state index contributed by atoms with van der Waals surface area (Å²) in [6.07, 6.45) is 7.16. The van der Waals surface area contributed by atoms with Crippen LogP contribution in [0.15, 0.2) is 48.5 Å². The maximum absolute atomic E-state index is 13.5. The summed E-state index contributed by atoms with van der Waals surface area (Å²) in [6.45, 7) is 0. The molecule has 4 aliphatic carbocycles. The fourth-order valence-corrected chi connectivity index (χ4v) is 8.30. The topological polar surface area (TPSA) is 58.6 Å². The molecule has 5 nitrogen and oxygen atoms in total. The van der Waals surface area contributed by atoms with Crippen LogP contribution in [0.25, 0.3) is 0 Å². The molecule has 1 N–H and O–H groups in total. The van der Waals surface area contributed by atoms with Gasteiger partial charge in [-0.05, 0) is 86.1 Å². The second kappa shape index (κ2) is 8.08. The van der Waals surface area contributed by atoms with Crippen molar-refractivity contribution in [3.8, 4) is 5.75 Å². The number of hydrogen-bond donors (Lipinski definition) is 1. The zero-order valence-corrected chi connectivity index (χ0v) is 19.8. The monoisotopic (exact) mass is 462 g/mol. The Morgan fingerprint density at radius 1 is 1.03 bits per heavy atom. The van der Waals surface area contributed by atoms with Crippen LogP contribution in [0.3, 0.4) is 0 Å². The Morgan fingerprint density at radius 3 is 2.42 bits per heavy atom. The second-order valence-electron chi connectivity index (χ2n) is 10.4. The first-order valence-electron chi connectivity index (χ1n) is 12.0. The van der Waals surface area contributed by atoms with Gasteiger partial charge in [-0.1, -0.05) is 18.2 Å². The lowest BCUT2D eigenvalue weighted by Crippen LogP contribution is -2.51. The largest absolute Gasteiger partial charge is 0.497 e. The molecule has 5 fully saturated rings. The number of benzene rings is 2. The van der Waals surface area contributed by atoms with Crippen LogP contribution in [0, 0.1) is 23.2 Å². The van der Waals surface area contributed by atoms with Crippen molar-refractivity contribution >= 4 is 35.0 Å². The lowest BCUT2D eigenvalue weighted by molar-refractivity contribution is -0.140. The summed E-state index contributed by atoms with van der Waals surface area (Å²) in [5, 5.41) is 3.15. The average molecular weight is 463 g/mol. The van der Waals surface area contributed by atoms with Gasteiger partial charge >= 0.3 is 0 Å². The maximum atomic E-state index is 13.5. The molecule has 2 amide bonds. The minimum Gasteiger partial charge on any atom is -0.497 e. The third kappa shape index (κ3) is 3.72. The highest BCUT2D eigenvalue weighted by Gasteiger charge is 2.54. The zero-order valence-electron chi connectivity index (χ0n) is 19.0. The van der Waals surface area contributed by atoms with Crippen LogP contribution in [0.1, 0.15) is 49.5 Å². The van der Waals surface area contributed by atoms with Crippen LogP contribution in [0.5, 0.6) is 5.75 Å². The molecule has 7 rings (SSSR count). The van der Waals surface area contributed by atoms with Crippen molar-refractivity contribution in [2.24, 2.45) is 23.2 Å². The van der Waals surface area contributed by atoms with Gasteiger partial charge in [0.25, 0.3) is 0 Å². The number of carbonyl (C=O) groups is 2. The molecule has 6 heteroatoms. The minimum atomic E-state index is -0.171. The van der Waals surface area contributed by atoms with E-state index in [1.54, 1.807) is 18.9 Å². The van der Waals surface area contributed by atoms with E-state index in [-0.39, 0.29) is 22.6 Å². The second-order valence-corrected chi connectivity index (χ2v) is 11.5. The van der Waals surface area contributed by atoms with E-state index in [0.29, 0.717) is 5.75 Å². The fourth-order valence-electron chi connectivity index (χ4n) is 7.13. The number of anilines is 2. The Kier molecular flexibility index (Phi) is 5.17. The smallest absolute Gasteiger partial charge is 0.238 e. The number of thioether (sulfide) groups is 1. The van der Waals surface area contributed by atoms with Crippen LogP contribution in [-0.4, -0.2) is 24.7 Å². The van der Waals surface area contributed by atoms with Gasteiger partial charge in [0.05, 0.1) is 18.3 Å². The Hall–Kier alpha value is -2.47. The van der Waals surface area contributed by atoms with E-state index in [1.807, 2.05) is 53.4 Å². The first-order valence-corrected chi connectivity index (χ1v) is 13.1. The van der Waals surface area contributed by atoms with Gasteiger partial charge in [-0.2, -0.15) is 0 Å². The lowest BCUT2D eigenvalue weighted by Gasteiger charge is -2.55. The molecule has 1 atom stereocenters. The minimum absolute atomic E-state index is 0.0845. The molecule has 172 valence electrons. The van der Waals surface area contributed by atoms with Crippen molar-refractivity contribution in [3.63, 3.8) is 0 Å². The van der Waals surface area contributed by atoms with E-state index >= 15 is 0 Å². The number of nitrogens with zero attached hydrogens (tertiary/aromatic N) is 1. The summed E-state index contributed by atoms with van der Waals surface area (Å²) in [5.41, 5.74) is 2.52. The van der Waals surface area contributed by atoms with Gasteiger partial charge in [-0.25, -0.2) is 0 Å². The van der Waals surface area contributed by atoms with E-state index in [2.05, 4.69) is 5.32 Å². The highest BCUT2D eigenvalue weighted by molar-refractivity contribution is 8.00. The molecular weight excluding hydrogens is 432 g/mol. The van der Waals surface area contributed by atoms with E-state index in [0.717, 1.165) is 59.7 Å². The first-order chi connectivity index (χ1) is 16.0. The van der Waals surface area contributed by atoms with Crippen LogP contribution in [-0.2, 0) is 9.59 Å². The fraction of sp³-hybridized carbons (Fsp3) is 0.481. The molecule has 33 heavy (non-hydrogen) atoms. The highest BCUT2D eigenvalue weighted by Crippen LogP contribution is 2.60. The molecule has 0 spiro atoms. The third-order valence-corrected chi connectivity index (χ3v) is 9.36. The van der Waals surface area contributed by atoms with Gasteiger partial charge in [0.1, 0.15) is 11.1 Å². The molecular formula is C27H30N2O3S. The van der Waals surface area contributed by atoms with Crippen LogP contribution in [0.4, 0.5) is 11.4 Å². The van der Waals surface area contributed by atoms with Gasteiger partial charge in [-0.15, -0.1) is 11.8 Å². The predicted molar refractivity (Wildman–Crippen MR) is 131 cm³/mol. The van der Waals surface area contributed by atoms with E-state index < -0.39 is 0 Å². The number of nitrogens with one attached hydrogen (secondary N) is 1. The highest BCUT2D eigenvalue weighted by atomic mass is 32.2. The summed E-state index contributed by atoms with van der Waals surface area (Å²) in [7, 11) is 1.63. The molecule has 4 saturated carbocycles. The van der Waals surface area contributed by atoms with Gasteiger partial charge in [0, 0.05) is 17.4 Å². The lowest BCUT2D eigenvalue weighted by atomic mass is 9.49. The standard InChI is InChI=1S/C27H30N2O3S/c1-32-23-7-3-6-22(12-23)29-24(30)16-33-25(29)20-4-2-5-21(11-20)28-26(31)27-13-17-8-18(14-27)10-19(9-17)15-27/h2-7,11-12,17-19,25H,8-10,13-16H2,1H3,(H,28,31). The van der Waals surface area contributed by atoms with Crippen molar-refractivity contribution in [3.05, 3.63) is 54.1 Å². The molecule has 1 saturated heterocycles. The molecule has 1 unspecified atom stereocenters. The molecule has 2 aromatic rings. The summed E-state index contributed by atoms with van der Waals surface area (Å²) < 4.78 is 5.36. The number of ether oxygens (including phenoxy) is 1. The molecule has 0 aromatic heterocycles. The molecule has 4 bridgehead atoms. The number of hydrogen-bond acceptors (Lipinski definition) is 4. The number of amides is 2. The van der Waals surface area contributed by atoms with Crippen LogP contribution < -0.4 is 15.0 Å². The summed E-state index contributed by atoms with van der Waals surface area (Å²) in [5.74, 6) is 3.68. The van der Waals surface area contributed by atoms with E-state index in [1.165, 1.54) is 19.3 Å². The predicted octanol–water partition coefficient (Wildman–Crippen LogP) is 5.63. The first kappa shape index (κ1) is 21.1. The van der Waals surface area contributed by atoms with Crippen molar-refractivity contribution in [1.82, 2.24) is 0 Å². The van der Waals surface area contributed by atoms with Gasteiger partial charge in [-0.3, -0.25) is 14.5 Å². The molecule has 5 aliphatic rings. The maximum Gasteiger partial charge on any atom is 0.238 e. The molecule has 0 radical (unpaired) electrons. The molecule has 1 aliphatic heterocycles. The van der Waals surface area contributed by atoms with Crippen LogP contribution in [0.2, 0.25) is 0 Å². The third-order valence-electron chi connectivity index (χ3n) is 8.15. The Balaban J connectivity index is 1.24. The SMILES string of the molecule is COc1cccc(N2C(=O)CSC2c2cccc(NC(=O)C34CC5CC(CC(C5)C3)C4)c2)c1. The van der Waals surface area contributed by atoms with Crippen molar-refractivity contribution in [1.29, 1.82) is 0 Å². The van der Waals surface area contributed by atoms with Crippen molar-refractivity contribution < 1.29 is 14.3 Å². The normalized spacial score (nSPS) is 32.3. The molecule has 2 aromatic carbocycles. The van der Waals surface area contributed by atoms with Crippen molar-refractivity contribution in [2.45, 2.75) is 43.9 Å². The van der Waals surface area contributed by atoms with E-state index in [4.69, 9.17) is 4.74 Å². The van der Waals surface area contributed by atoms with Crippen molar-refractivity contribution in [2.75, 3.05) is 23.1 Å². The number of rotatable bonds is 5. The Morgan fingerprint density at radius 2 is 1.73 bits per heavy atom. The number of methoxy groups -OCH3 is 1. The van der Waals surface area contributed by atoms with E-state index in [9.17, 15) is 9.59 Å².